The zero-order valence-electron chi connectivity index (χ0n) is 15.9. The number of carbonyl (C=O) groups is 1. The molecule has 29 heavy (non-hydrogen) atoms. The number of piperazine rings is 1. The first-order valence-electron chi connectivity index (χ1n) is 9.53. The molecule has 0 unspecified atom stereocenters. The van der Waals surface area contributed by atoms with Crippen molar-refractivity contribution in [3.63, 3.8) is 0 Å². The molecule has 1 aliphatic rings. The van der Waals surface area contributed by atoms with Crippen LogP contribution >= 0.6 is 34.5 Å². The van der Waals surface area contributed by atoms with Gasteiger partial charge in [0.05, 0.1) is 4.88 Å². The molecule has 1 aliphatic heterocycles. The van der Waals surface area contributed by atoms with Gasteiger partial charge in [-0.25, -0.2) is 4.98 Å². The monoisotopic (exact) mass is 447 g/mol. The van der Waals surface area contributed by atoms with Crippen LogP contribution < -0.4 is 10.2 Å². The topological polar surface area (TPSA) is 61.4 Å². The number of amides is 1. The molecule has 9 heteroatoms. The van der Waals surface area contributed by atoms with E-state index in [1.165, 1.54) is 22.9 Å². The average molecular weight is 448 g/mol. The number of halogens is 1. The van der Waals surface area contributed by atoms with Crippen molar-refractivity contribution in [2.45, 2.75) is 6.42 Å². The van der Waals surface area contributed by atoms with Crippen molar-refractivity contribution in [2.24, 2.45) is 0 Å². The fraction of sp³-hybridized carbons (Fsp3) is 0.350. The summed E-state index contributed by atoms with van der Waals surface area (Å²) >= 11 is 8.87. The summed E-state index contributed by atoms with van der Waals surface area (Å²) in [6.07, 6.45) is 0.720. The van der Waals surface area contributed by atoms with Gasteiger partial charge in [0.15, 0.2) is 0 Å². The number of carbonyl (C=O) groups excluding carboxylic acids is 1. The van der Waals surface area contributed by atoms with Crippen LogP contribution in [-0.4, -0.2) is 59.4 Å². The second-order valence-corrected chi connectivity index (χ2v) is 8.97. The van der Waals surface area contributed by atoms with Gasteiger partial charge >= 0.3 is 0 Å². The fourth-order valence-electron chi connectivity index (χ4n) is 3.22. The molecule has 0 atom stereocenters. The van der Waals surface area contributed by atoms with Gasteiger partial charge in [-0.15, -0.1) is 11.3 Å². The molecule has 3 aromatic rings. The molecule has 1 aromatic carbocycles. The number of aromatic nitrogens is 2. The summed E-state index contributed by atoms with van der Waals surface area (Å²) in [6.45, 7) is 5.30. The second-order valence-electron chi connectivity index (χ2n) is 6.86. The van der Waals surface area contributed by atoms with Gasteiger partial charge in [0, 0.05) is 62.2 Å². The first-order chi connectivity index (χ1) is 14.2. The molecule has 0 saturated carbocycles. The van der Waals surface area contributed by atoms with E-state index in [1.807, 2.05) is 41.8 Å². The maximum atomic E-state index is 12.0. The summed E-state index contributed by atoms with van der Waals surface area (Å²) in [5.41, 5.74) is 1.16. The van der Waals surface area contributed by atoms with Crippen molar-refractivity contribution in [3.8, 4) is 0 Å². The number of rotatable bonds is 7. The lowest BCUT2D eigenvalue weighted by atomic mass is 10.1. The van der Waals surface area contributed by atoms with Crippen LogP contribution in [0.4, 0.5) is 5.13 Å². The van der Waals surface area contributed by atoms with E-state index < -0.39 is 0 Å². The molecule has 4 rings (SSSR count). The number of thiophene rings is 1. The van der Waals surface area contributed by atoms with Crippen LogP contribution in [-0.2, 0) is 6.42 Å². The number of nitrogens with one attached hydrogen (secondary N) is 1. The summed E-state index contributed by atoms with van der Waals surface area (Å²) in [5, 5.41) is 6.64. The predicted octanol–water partition coefficient (Wildman–Crippen LogP) is 3.40. The molecule has 0 spiro atoms. The van der Waals surface area contributed by atoms with Gasteiger partial charge in [0.2, 0.25) is 5.13 Å². The SMILES string of the molecule is O=C(NCCN1CCN(c2nc(Cc3ccc(Cl)cc3)ns2)CC1)c1cccs1. The Kier molecular flexibility index (Phi) is 6.76. The third-order valence-electron chi connectivity index (χ3n) is 4.83. The van der Waals surface area contributed by atoms with E-state index in [-0.39, 0.29) is 5.91 Å². The molecule has 3 heterocycles. The molecule has 1 amide bonds. The summed E-state index contributed by atoms with van der Waals surface area (Å²) in [4.78, 5) is 22.1. The summed E-state index contributed by atoms with van der Waals surface area (Å²) in [6, 6.07) is 11.6. The lowest BCUT2D eigenvalue weighted by Gasteiger charge is -2.34. The maximum Gasteiger partial charge on any atom is 0.261 e. The van der Waals surface area contributed by atoms with Gasteiger partial charge < -0.3 is 10.2 Å². The van der Waals surface area contributed by atoms with Crippen LogP contribution in [0.3, 0.4) is 0 Å². The Morgan fingerprint density at radius 1 is 1.14 bits per heavy atom. The molecule has 1 saturated heterocycles. The van der Waals surface area contributed by atoms with E-state index in [0.29, 0.717) is 6.54 Å². The molecule has 2 aromatic heterocycles. The van der Waals surface area contributed by atoms with Crippen molar-refractivity contribution in [2.75, 3.05) is 44.2 Å². The van der Waals surface area contributed by atoms with E-state index in [1.54, 1.807) is 0 Å². The first-order valence-corrected chi connectivity index (χ1v) is 11.6. The Bertz CT molecular complexity index is 921. The smallest absolute Gasteiger partial charge is 0.261 e. The minimum absolute atomic E-state index is 0.0145. The van der Waals surface area contributed by atoms with Gasteiger partial charge in [-0.05, 0) is 29.1 Å². The van der Waals surface area contributed by atoms with E-state index in [4.69, 9.17) is 16.6 Å². The highest BCUT2D eigenvalue weighted by atomic mass is 35.5. The zero-order valence-corrected chi connectivity index (χ0v) is 18.3. The molecular formula is C20H22ClN5OS2. The number of benzene rings is 1. The fourth-order valence-corrected chi connectivity index (χ4v) is 4.72. The Balaban J connectivity index is 1.21. The van der Waals surface area contributed by atoms with Crippen LogP contribution in [0, 0.1) is 0 Å². The van der Waals surface area contributed by atoms with E-state index in [2.05, 4.69) is 19.5 Å². The van der Waals surface area contributed by atoms with Gasteiger partial charge in [0.25, 0.3) is 5.91 Å². The highest BCUT2D eigenvalue weighted by molar-refractivity contribution is 7.12. The minimum atomic E-state index is 0.0145. The van der Waals surface area contributed by atoms with Crippen LogP contribution in [0.15, 0.2) is 41.8 Å². The largest absolute Gasteiger partial charge is 0.350 e. The normalized spacial score (nSPS) is 14.9. The van der Waals surface area contributed by atoms with Gasteiger partial charge in [-0.1, -0.05) is 29.8 Å². The van der Waals surface area contributed by atoms with Crippen molar-refractivity contribution in [1.82, 2.24) is 19.6 Å². The molecule has 1 N–H and O–H groups in total. The van der Waals surface area contributed by atoms with Crippen molar-refractivity contribution < 1.29 is 4.79 Å². The van der Waals surface area contributed by atoms with Gasteiger partial charge in [-0.2, -0.15) is 4.37 Å². The molecule has 0 aliphatic carbocycles. The lowest BCUT2D eigenvalue weighted by molar-refractivity contribution is 0.0952. The molecule has 6 nitrogen and oxygen atoms in total. The van der Waals surface area contributed by atoms with Gasteiger partial charge in [0.1, 0.15) is 5.82 Å². The number of hydrogen-bond acceptors (Lipinski definition) is 7. The Morgan fingerprint density at radius 2 is 1.93 bits per heavy atom. The number of nitrogens with zero attached hydrogens (tertiary/aromatic N) is 4. The molecule has 0 bridgehead atoms. The average Bonchev–Trinajstić information content (AvgIpc) is 3.43. The van der Waals surface area contributed by atoms with E-state index in [9.17, 15) is 4.79 Å². The summed E-state index contributed by atoms with van der Waals surface area (Å²) in [5.74, 6) is 0.867. The maximum absolute atomic E-state index is 12.0. The summed E-state index contributed by atoms with van der Waals surface area (Å²) < 4.78 is 4.52. The standard InChI is InChI=1S/C20H22ClN5OS2/c21-16-5-3-15(4-6-16)14-18-23-20(29-24-18)26-11-9-25(10-12-26)8-7-22-19(27)17-2-1-13-28-17/h1-6,13H,7-12,14H2,(H,22,27). The lowest BCUT2D eigenvalue weighted by Crippen LogP contribution is -2.48. The van der Waals surface area contributed by atoms with Gasteiger partial charge in [-0.3, -0.25) is 9.69 Å². The van der Waals surface area contributed by atoms with E-state index in [0.717, 1.165) is 65.6 Å². The van der Waals surface area contributed by atoms with Crippen LogP contribution in [0.5, 0.6) is 0 Å². The first kappa shape index (κ1) is 20.3. The van der Waals surface area contributed by atoms with Crippen LogP contribution in [0.1, 0.15) is 21.1 Å². The van der Waals surface area contributed by atoms with Crippen molar-refractivity contribution >= 4 is 45.5 Å². The van der Waals surface area contributed by atoms with Crippen LogP contribution in [0.2, 0.25) is 5.02 Å². The Labute approximate surface area is 183 Å². The van der Waals surface area contributed by atoms with Crippen molar-refractivity contribution in [3.05, 3.63) is 63.1 Å². The van der Waals surface area contributed by atoms with Crippen LogP contribution in [0.25, 0.3) is 0 Å². The van der Waals surface area contributed by atoms with Crippen molar-refractivity contribution in [1.29, 1.82) is 0 Å². The quantitative estimate of drug-likeness (QED) is 0.601. The third kappa shape index (κ3) is 5.54. The zero-order chi connectivity index (χ0) is 20.1. The molecule has 1 fully saturated rings. The molecule has 152 valence electrons. The third-order valence-corrected chi connectivity index (χ3v) is 6.77. The highest BCUT2D eigenvalue weighted by Gasteiger charge is 2.20. The molecule has 0 radical (unpaired) electrons. The second kappa shape index (κ2) is 9.67. The highest BCUT2D eigenvalue weighted by Crippen LogP contribution is 2.21. The minimum Gasteiger partial charge on any atom is -0.350 e. The number of hydrogen-bond donors (Lipinski definition) is 1. The Morgan fingerprint density at radius 3 is 2.66 bits per heavy atom. The Hall–Kier alpha value is -2.00. The summed E-state index contributed by atoms with van der Waals surface area (Å²) in [7, 11) is 0. The predicted molar refractivity (Wildman–Crippen MR) is 119 cm³/mol. The number of anilines is 1. The van der Waals surface area contributed by atoms with E-state index >= 15 is 0 Å². The molecular weight excluding hydrogens is 426 g/mol.